The Labute approximate surface area is 198 Å². The summed E-state index contributed by atoms with van der Waals surface area (Å²) in [6.07, 6.45) is -0.285. The van der Waals surface area contributed by atoms with Gasteiger partial charge in [0, 0.05) is 24.2 Å². The number of hydrogen-bond donors (Lipinski definition) is 1. The molecule has 4 unspecified atom stereocenters. The molecule has 186 valence electrons. The highest BCUT2D eigenvalue weighted by Gasteiger charge is 2.44. The van der Waals surface area contributed by atoms with Gasteiger partial charge in [0.15, 0.2) is 0 Å². The fourth-order valence-electron chi connectivity index (χ4n) is 5.73. The zero-order valence-corrected chi connectivity index (χ0v) is 18.8. The van der Waals surface area contributed by atoms with Gasteiger partial charge in [0.2, 0.25) is 5.82 Å². The number of fused-ring (bicyclic) bond motifs is 3. The van der Waals surface area contributed by atoms with Crippen LogP contribution in [0.2, 0.25) is 0 Å². The molecule has 4 heterocycles. The number of halogens is 3. The summed E-state index contributed by atoms with van der Waals surface area (Å²) < 4.78 is 48.4. The van der Waals surface area contributed by atoms with Crippen molar-refractivity contribution in [1.29, 1.82) is 0 Å². The lowest BCUT2D eigenvalue weighted by atomic mass is 9.89. The number of benzene rings is 1. The number of morpholine rings is 1. The number of hydrogen-bond acceptors (Lipinski definition) is 6. The zero-order valence-electron chi connectivity index (χ0n) is 18.8. The highest BCUT2D eigenvalue weighted by molar-refractivity contribution is 5.99. The lowest BCUT2D eigenvalue weighted by molar-refractivity contribution is -0.159. The van der Waals surface area contributed by atoms with Gasteiger partial charge in [-0.15, -0.1) is 0 Å². The van der Waals surface area contributed by atoms with Crippen LogP contribution >= 0.6 is 0 Å². The summed E-state index contributed by atoms with van der Waals surface area (Å²) in [6, 6.07) is 4.49. The third-order valence-corrected chi connectivity index (χ3v) is 7.47. The molecule has 1 saturated carbocycles. The molecule has 2 saturated heterocycles. The first-order valence-corrected chi connectivity index (χ1v) is 11.8. The lowest BCUT2D eigenvalue weighted by Crippen LogP contribution is -2.57. The number of carbonyl (C=O) groups excluding carboxylic acids is 2. The number of aromatic nitrogens is 2. The Balaban J connectivity index is 1.19. The van der Waals surface area contributed by atoms with Gasteiger partial charge in [-0.2, -0.15) is 18.2 Å². The van der Waals surface area contributed by atoms with E-state index in [0.29, 0.717) is 25.3 Å². The second-order valence-electron chi connectivity index (χ2n) is 9.63. The van der Waals surface area contributed by atoms with Crippen molar-refractivity contribution in [3.05, 3.63) is 35.2 Å². The first-order chi connectivity index (χ1) is 16.8. The van der Waals surface area contributed by atoms with Crippen molar-refractivity contribution in [1.82, 2.24) is 25.3 Å². The molecule has 4 atom stereocenters. The molecule has 9 nitrogen and oxygen atoms in total. The molecule has 2 aromatic rings. The minimum Gasteiger partial charge on any atom is -0.374 e. The number of carbonyl (C=O) groups is 2. The standard InChI is InChI=1S/C23H24F3N5O4/c24-23(25,26)21-28-19(29-35-21)12-5-6-13-9-31(20(32)16(13)7-12)18-4-2-1-3-17(18)27-22(33)30-10-15-8-14(30)11-34-15/h5-7,14-15,17-18H,1-4,8-11H2,(H,27,33). The van der Waals surface area contributed by atoms with E-state index in [-0.39, 0.29) is 47.6 Å². The predicted molar refractivity (Wildman–Crippen MR) is 114 cm³/mol. The Morgan fingerprint density at radius 3 is 2.74 bits per heavy atom. The van der Waals surface area contributed by atoms with Gasteiger partial charge in [0.05, 0.1) is 30.8 Å². The van der Waals surface area contributed by atoms with E-state index in [0.717, 1.165) is 37.7 Å². The van der Waals surface area contributed by atoms with E-state index in [1.165, 1.54) is 6.07 Å². The highest BCUT2D eigenvalue weighted by atomic mass is 19.4. The number of nitrogens with zero attached hydrogens (tertiary/aromatic N) is 4. The van der Waals surface area contributed by atoms with Gasteiger partial charge in [0.1, 0.15) is 0 Å². The third-order valence-electron chi connectivity index (χ3n) is 7.47. The van der Waals surface area contributed by atoms with Crippen molar-refractivity contribution in [2.24, 2.45) is 0 Å². The number of amides is 3. The second-order valence-corrected chi connectivity index (χ2v) is 9.63. The normalized spacial score (nSPS) is 28.0. The molecule has 4 aliphatic rings. The van der Waals surface area contributed by atoms with Crippen molar-refractivity contribution >= 4 is 11.9 Å². The summed E-state index contributed by atoms with van der Waals surface area (Å²) in [4.78, 5) is 33.4. The summed E-state index contributed by atoms with van der Waals surface area (Å²) in [5.74, 6) is -1.86. The molecule has 12 heteroatoms. The van der Waals surface area contributed by atoms with Crippen molar-refractivity contribution in [3.8, 4) is 11.4 Å². The first kappa shape index (κ1) is 22.3. The van der Waals surface area contributed by atoms with Crippen LogP contribution in [0.5, 0.6) is 0 Å². The molecule has 0 spiro atoms. The first-order valence-electron chi connectivity index (χ1n) is 11.8. The largest absolute Gasteiger partial charge is 0.471 e. The Bertz CT molecular complexity index is 1170. The fraction of sp³-hybridized carbons (Fsp3) is 0.565. The van der Waals surface area contributed by atoms with E-state index >= 15 is 0 Å². The molecule has 1 N–H and O–H groups in total. The van der Waals surface area contributed by atoms with Gasteiger partial charge < -0.3 is 24.4 Å². The summed E-state index contributed by atoms with van der Waals surface area (Å²) in [5.41, 5.74) is 1.46. The number of ether oxygens (including phenoxy) is 1. The van der Waals surface area contributed by atoms with E-state index in [4.69, 9.17) is 4.74 Å². The van der Waals surface area contributed by atoms with Crippen LogP contribution in [0.15, 0.2) is 22.7 Å². The van der Waals surface area contributed by atoms with Crippen LogP contribution in [0.4, 0.5) is 18.0 Å². The molecule has 1 aromatic heterocycles. The molecule has 1 aromatic carbocycles. The molecular formula is C23H24F3N5O4. The Kier molecular flexibility index (Phi) is 5.24. The SMILES string of the molecule is O=C(NC1CCCCC1N1Cc2ccc(-c3noc(C(F)(F)F)n3)cc2C1=O)N1CC2CC1CO2. The van der Waals surface area contributed by atoms with Gasteiger partial charge in [-0.1, -0.05) is 30.1 Å². The molecule has 6 rings (SSSR count). The maximum Gasteiger partial charge on any atom is 0.471 e. The van der Waals surface area contributed by atoms with Crippen LogP contribution < -0.4 is 5.32 Å². The van der Waals surface area contributed by atoms with E-state index < -0.39 is 12.1 Å². The highest BCUT2D eigenvalue weighted by Crippen LogP contribution is 2.35. The monoisotopic (exact) mass is 491 g/mol. The van der Waals surface area contributed by atoms with Crippen molar-refractivity contribution in [2.75, 3.05) is 13.2 Å². The number of urea groups is 1. The maximum atomic E-state index is 13.4. The molecular weight excluding hydrogens is 467 g/mol. The average molecular weight is 491 g/mol. The number of rotatable bonds is 3. The predicted octanol–water partition coefficient (Wildman–Crippen LogP) is 3.21. The van der Waals surface area contributed by atoms with Crippen LogP contribution in [0.25, 0.3) is 11.4 Å². The molecule has 0 radical (unpaired) electrons. The molecule has 35 heavy (non-hydrogen) atoms. The van der Waals surface area contributed by atoms with Crippen LogP contribution in [0.3, 0.4) is 0 Å². The molecule has 3 aliphatic heterocycles. The van der Waals surface area contributed by atoms with E-state index in [9.17, 15) is 22.8 Å². The summed E-state index contributed by atoms with van der Waals surface area (Å²) in [6.45, 7) is 1.55. The Hall–Kier alpha value is -3.15. The van der Waals surface area contributed by atoms with Crippen LogP contribution in [0.1, 0.15) is 53.9 Å². The molecule has 3 amide bonds. The van der Waals surface area contributed by atoms with Gasteiger partial charge in [-0.3, -0.25) is 4.79 Å². The summed E-state index contributed by atoms with van der Waals surface area (Å²) >= 11 is 0. The smallest absolute Gasteiger partial charge is 0.374 e. The second kappa shape index (κ2) is 8.21. The van der Waals surface area contributed by atoms with Crippen LogP contribution in [0, 0.1) is 0 Å². The van der Waals surface area contributed by atoms with E-state index in [2.05, 4.69) is 20.0 Å². The molecule has 1 aliphatic carbocycles. The Morgan fingerprint density at radius 2 is 2.03 bits per heavy atom. The number of nitrogens with one attached hydrogen (secondary N) is 1. The summed E-state index contributed by atoms with van der Waals surface area (Å²) in [7, 11) is 0. The average Bonchev–Trinajstić information content (AvgIpc) is 3.63. The molecule has 2 bridgehead atoms. The van der Waals surface area contributed by atoms with Gasteiger partial charge >= 0.3 is 18.1 Å². The minimum atomic E-state index is -4.74. The quantitative estimate of drug-likeness (QED) is 0.708. The van der Waals surface area contributed by atoms with Gasteiger partial charge in [-0.05, 0) is 30.9 Å². The number of likely N-dealkylation sites (tertiary alicyclic amines) is 1. The maximum absolute atomic E-state index is 13.4. The molecule has 3 fully saturated rings. The topological polar surface area (TPSA) is 101 Å². The van der Waals surface area contributed by atoms with Crippen molar-refractivity contribution in [3.63, 3.8) is 0 Å². The van der Waals surface area contributed by atoms with E-state index in [1.54, 1.807) is 17.0 Å². The number of alkyl halides is 3. The van der Waals surface area contributed by atoms with Crippen LogP contribution in [-0.4, -0.2) is 69.3 Å². The Morgan fingerprint density at radius 1 is 1.20 bits per heavy atom. The van der Waals surface area contributed by atoms with Crippen molar-refractivity contribution in [2.45, 2.75) is 69.1 Å². The zero-order chi connectivity index (χ0) is 24.3. The lowest BCUT2D eigenvalue weighted by Gasteiger charge is -2.39. The van der Waals surface area contributed by atoms with Crippen molar-refractivity contribution < 1.29 is 32.0 Å². The van der Waals surface area contributed by atoms with Gasteiger partial charge in [0.25, 0.3) is 5.91 Å². The summed E-state index contributed by atoms with van der Waals surface area (Å²) in [5, 5.41) is 6.59. The minimum absolute atomic E-state index is 0.110. The van der Waals surface area contributed by atoms with Gasteiger partial charge in [-0.25, -0.2) is 4.79 Å². The van der Waals surface area contributed by atoms with Crippen LogP contribution in [-0.2, 0) is 17.5 Å². The third kappa shape index (κ3) is 3.93. The van der Waals surface area contributed by atoms with E-state index in [1.807, 2.05) is 4.90 Å². The fourth-order valence-corrected chi connectivity index (χ4v) is 5.73.